The molecule has 0 spiro atoms. The zero-order valence-electron chi connectivity index (χ0n) is 58.6. The molecule has 0 aliphatic carbocycles. The average molecular weight is 1560 g/mol. The summed E-state index contributed by atoms with van der Waals surface area (Å²) in [6.07, 6.45) is -18.9. The molecule has 20 N–H and O–H groups in total. The Morgan fingerprint density at radius 3 is 1.93 bits per heavy atom. The molecule has 0 saturated carbocycles. The summed E-state index contributed by atoms with van der Waals surface area (Å²) in [7, 11) is 1.47. The predicted molar refractivity (Wildman–Crippen MR) is 378 cm³/mol. The van der Waals surface area contributed by atoms with Crippen molar-refractivity contribution in [2.45, 2.75) is 163 Å². The number of carboxylic acids is 1. The molecule has 18 atom stereocenters. The van der Waals surface area contributed by atoms with Crippen molar-refractivity contribution in [3.63, 3.8) is 0 Å². The molecule has 7 amide bonds. The van der Waals surface area contributed by atoms with Crippen molar-refractivity contribution in [1.29, 1.82) is 0 Å². The predicted octanol–water partition coefficient (Wildman–Crippen LogP) is 2.08. The highest BCUT2D eigenvalue weighted by Gasteiger charge is 2.52. The lowest BCUT2D eigenvalue weighted by Gasteiger charge is -2.48. The first-order chi connectivity index (χ1) is 51.6. The number of benzene rings is 6. The molecule has 36 heteroatoms. The minimum atomic E-state index is -2.37. The van der Waals surface area contributed by atoms with E-state index in [1.807, 2.05) is 13.8 Å². The number of rotatable bonds is 16. The molecule has 2 fully saturated rings. The van der Waals surface area contributed by atoms with E-state index >= 15 is 14.4 Å². The Bertz CT molecular complexity index is 4510. The number of ether oxygens (including phenoxy) is 6. The minimum absolute atomic E-state index is 0.0926. The highest BCUT2D eigenvalue weighted by Crippen LogP contribution is 2.50. The fraction of sp³-hybridized carbons (Fsp3) is 0.397. The smallest absolute Gasteiger partial charge is 0.330 e. The van der Waals surface area contributed by atoms with Crippen LogP contribution in [0.2, 0.25) is 10.0 Å². The van der Waals surface area contributed by atoms with Crippen molar-refractivity contribution < 1.29 is 122 Å². The number of carbonyl (C=O) groups is 8. The van der Waals surface area contributed by atoms with Crippen LogP contribution in [0.25, 0.3) is 11.1 Å². The van der Waals surface area contributed by atoms with E-state index < -0.39 is 243 Å². The van der Waals surface area contributed by atoms with Crippen molar-refractivity contribution >= 4 is 70.5 Å². The maximum absolute atomic E-state index is 16.1. The van der Waals surface area contributed by atoms with Crippen LogP contribution in [0.1, 0.15) is 111 Å². The Morgan fingerprint density at radius 1 is 0.706 bits per heavy atom. The van der Waals surface area contributed by atoms with Gasteiger partial charge in [-0.1, -0.05) is 67.4 Å². The van der Waals surface area contributed by atoms with Gasteiger partial charge in [0.2, 0.25) is 53.4 Å². The third-order valence-corrected chi connectivity index (χ3v) is 19.9. The number of halogens is 3. The normalized spacial score (nSPS) is 28.1. The summed E-state index contributed by atoms with van der Waals surface area (Å²) in [5.41, 5.74) is 2.19. The largest absolute Gasteiger partial charge is 0.508 e. The van der Waals surface area contributed by atoms with Gasteiger partial charge in [-0.25, -0.2) is 9.18 Å². The number of phenols is 3. The summed E-state index contributed by atoms with van der Waals surface area (Å²) in [5.74, 6) is -16.7. The Kier molecular flexibility index (Phi) is 24.2. The molecule has 7 aliphatic heterocycles. The van der Waals surface area contributed by atoms with E-state index in [1.54, 1.807) is 6.92 Å². The van der Waals surface area contributed by atoms with Crippen LogP contribution >= 0.6 is 23.2 Å². The molecule has 582 valence electrons. The van der Waals surface area contributed by atoms with Crippen LogP contribution in [0.5, 0.6) is 46.0 Å². The highest BCUT2D eigenvalue weighted by atomic mass is 35.5. The first kappa shape index (κ1) is 80.0. The average Bonchev–Trinajstić information content (AvgIpc) is 0.794. The second-order valence-corrected chi connectivity index (χ2v) is 28.4. The molecule has 11 bridgehead atoms. The molecule has 0 radical (unpaired) electrons. The number of amides is 7. The third-order valence-electron chi connectivity index (χ3n) is 19.3. The quantitative estimate of drug-likeness (QED) is 0.0659. The van der Waals surface area contributed by atoms with Crippen LogP contribution in [0.4, 0.5) is 4.39 Å². The van der Waals surface area contributed by atoms with E-state index in [0.717, 1.165) is 66.7 Å². The van der Waals surface area contributed by atoms with Gasteiger partial charge in [-0.15, -0.1) is 0 Å². The van der Waals surface area contributed by atoms with Gasteiger partial charge in [0.05, 0.1) is 41.3 Å². The van der Waals surface area contributed by atoms with E-state index in [2.05, 4.69) is 42.5 Å². The lowest BCUT2D eigenvalue weighted by atomic mass is 9.84. The molecule has 13 rings (SSSR count). The zero-order chi connectivity index (χ0) is 78.9. The van der Waals surface area contributed by atoms with E-state index in [4.69, 9.17) is 57.4 Å². The molecular formula is C73H80Cl2FN9O24. The summed E-state index contributed by atoms with van der Waals surface area (Å²) in [6.45, 7) is 5.90. The van der Waals surface area contributed by atoms with E-state index in [9.17, 15) is 79.4 Å². The minimum Gasteiger partial charge on any atom is -0.508 e. The maximum Gasteiger partial charge on any atom is 0.330 e. The SMILES string of the molecule is CN[C@H](CC(C)C)C(=O)N[C@H]1C(=O)N[C@@H](CC(N)=O)C(=O)N[C@H]2C(=O)N[C@H]3C(=O)N[C@H](C(=O)N[C@H](C(=O)O)c4cc(O)cc(O)c4-c4cc3ccc4O)[C@H](O)c3ccc(c(Cl)c3)Oc3cc2cc(c3O[C@@H]2O[C@H](CO)[C@@H](O)[C@H](O)[C@H]2O[C@H]2C[C@](C)(NCc3ccc(F)cc3)[C@@H](O)[C@H](C)O2)Oc2ccc(cc2Cl)[C@H]1O. The van der Waals surface area contributed by atoms with E-state index in [1.165, 1.54) is 50.4 Å². The number of carbonyl (C=O) groups excluding carboxylic acids is 7. The fourth-order valence-corrected chi connectivity index (χ4v) is 14.0. The van der Waals surface area contributed by atoms with Crippen LogP contribution in [-0.4, -0.2) is 191 Å². The van der Waals surface area contributed by atoms with Gasteiger partial charge < -0.3 is 128 Å². The molecule has 109 heavy (non-hydrogen) atoms. The van der Waals surface area contributed by atoms with Crippen LogP contribution in [0, 0.1) is 11.7 Å². The molecule has 33 nitrogen and oxygen atoms in total. The number of likely N-dealkylation sites (N-methyl/N-ethyl adjacent to an activating group) is 1. The van der Waals surface area contributed by atoms with E-state index in [0.29, 0.717) is 5.56 Å². The summed E-state index contributed by atoms with van der Waals surface area (Å²) in [4.78, 5) is 117. The van der Waals surface area contributed by atoms with Gasteiger partial charge in [0.25, 0.3) is 0 Å². The first-order valence-electron chi connectivity index (χ1n) is 34.3. The third kappa shape index (κ3) is 17.4. The van der Waals surface area contributed by atoms with Crippen molar-refractivity contribution in [2.24, 2.45) is 11.7 Å². The van der Waals surface area contributed by atoms with Crippen molar-refractivity contribution in [3.05, 3.63) is 152 Å². The number of aliphatic hydroxyl groups excluding tert-OH is 6. The summed E-state index contributed by atoms with van der Waals surface area (Å²) < 4.78 is 53.0. The van der Waals surface area contributed by atoms with Gasteiger partial charge in [-0.3, -0.25) is 33.6 Å². The van der Waals surface area contributed by atoms with Crippen molar-refractivity contribution in [3.8, 4) is 57.1 Å². The lowest BCUT2D eigenvalue weighted by Crippen LogP contribution is -2.65. The van der Waals surface area contributed by atoms with Crippen molar-refractivity contribution in [2.75, 3.05) is 13.7 Å². The number of carboxylic acid groups (broad SMARTS) is 1. The molecule has 6 aromatic carbocycles. The number of nitrogens with two attached hydrogens (primary N) is 1. The topological polar surface area (TPSA) is 517 Å². The number of primary amides is 1. The highest BCUT2D eigenvalue weighted by molar-refractivity contribution is 6.32. The van der Waals surface area contributed by atoms with Crippen LogP contribution in [-0.2, 0) is 59.1 Å². The Hall–Kier alpha value is -10.1. The number of nitrogens with one attached hydrogen (secondary N) is 8. The van der Waals surface area contributed by atoms with Gasteiger partial charge in [-0.05, 0) is 128 Å². The number of hydrogen-bond donors (Lipinski definition) is 19. The molecule has 0 unspecified atom stereocenters. The van der Waals surface area contributed by atoms with Gasteiger partial charge in [-0.2, -0.15) is 0 Å². The fourth-order valence-electron chi connectivity index (χ4n) is 13.5. The van der Waals surface area contributed by atoms with E-state index in [-0.39, 0.29) is 52.8 Å². The summed E-state index contributed by atoms with van der Waals surface area (Å²) in [6, 6.07) is 4.73. The molecule has 0 aromatic heterocycles. The maximum atomic E-state index is 16.1. The number of aromatic hydroxyl groups is 3. The molecule has 7 aliphatic rings. The molecular weight excluding hydrogens is 1480 g/mol. The summed E-state index contributed by atoms with van der Waals surface area (Å²) >= 11 is 14.2. The second-order valence-electron chi connectivity index (χ2n) is 27.6. The van der Waals surface area contributed by atoms with Crippen LogP contribution < -0.4 is 62.5 Å². The number of fused-ring (bicyclic) bond motifs is 15. The number of phenolic OH excluding ortho intramolecular Hbond substituents is 3. The standard InChI is InChI=1S/C73H80Cl2FN9O24/c1-28(2)16-41(78-5)65(96)84-56-58(91)32-9-14-45(39(74)18-32)105-47-20-34-21-48(62(47)109-72-63(61(94)60(93)49(27-86)107-72)108-51-25-73(4,64(95)29(3)104-51)79-26-30-6-11-35(76)12-7-30)106-46-15-10-33(19-40(46)75)59(92)57-70(101)83-55(71(102)103)38-22-36(87)23-44(89)52(38)37-17-31(8-13-43(37)88)53(67(98)85-57)82-68(99)54(34)81-66(97)42(24-50(77)90)80-69(56)100/h6-15,17-23,28-29,41-42,49,51,53-61,63-64,72,78-79,86-89,91-95H,16,24-27H2,1-5H3,(H2,77,90)(H,80,100)(H,81,97)(H,82,99)(H,83,101)(H,84,96)(H,85,98)(H,102,103)/t29-,41+,42-,49+,51-,53+,54+,55-,56+,57-,58+,59+,60+,61-,63+,64-,72-,73-/m0/s1. The zero-order valence-corrected chi connectivity index (χ0v) is 60.2. The monoisotopic (exact) mass is 1560 g/mol. The Labute approximate surface area is 630 Å². The first-order valence-corrected chi connectivity index (χ1v) is 35.1. The molecule has 6 aromatic rings. The number of aliphatic carboxylic acids is 1. The van der Waals surface area contributed by atoms with Gasteiger partial charge in [0.1, 0.15) is 95.3 Å². The van der Waals surface area contributed by atoms with Gasteiger partial charge in [0, 0.05) is 41.3 Å². The summed E-state index contributed by atoms with van der Waals surface area (Å²) in [5, 5.41) is 135. The van der Waals surface area contributed by atoms with Crippen LogP contribution in [0.15, 0.2) is 103 Å². The molecule has 7 heterocycles. The lowest BCUT2D eigenvalue weighted by molar-refractivity contribution is -0.334. The van der Waals surface area contributed by atoms with Crippen LogP contribution in [0.3, 0.4) is 0 Å². The Balaban J connectivity index is 1.14. The van der Waals surface area contributed by atoms with Crippen molar-refractivity contribution in [1.82, 2.24) is 42.5 Å². The second kappa shape index (κ2) is 33.0. The van der Waals surface area contributed by atoms with Gasteiger partial charge in [0.15, 0.2) is 29.9 Å². The van der Waals surface area contributed by atoms with Gasteiger partial charge >= 0.3 is 5.97 Å². The number of aliphatic hydroxyl groups is 6. The molecule has 2 saturated heterocycles. The number of hydrogen-bond acceptors (Lipinski definition) is 25. The Morgan fingerprint density at radius 2 is 1.32 bits per heavy atom.